The van der Waals surface area contributed by atoms with Gasteiger partial charge in [0.15, 0.2) is 0 Å². The van der Waals surface area contributed by atoms with Crippen molar-refractivity contribution in [2.75, 3.05) is 33.2 Å². The molecule has 1 saturated heterocycles. The van der Waals surface area contributed by atoms with E-state index in [0.717, 1.165) is 32.2 Å². The van der Waals surface area contributed by atoms with Crippen LogP contribution >= 0.6 is 0 Å². The highest BCUT2D eigenvalue weighted by Crippen LogP contribution is 2.31. The monoisotopic (exact) mass is 275 g/mol. The molecule has 1 aliphatic heterocycles. The molecule has 0 radical (unpaired) electrons. The van der Waals surface area contributed by atoms with Gasteiger partial charge in [-0.15, -0.1) is 0 Å². The minimum Gasteiger partial charge on any atom is -0.319 e. The number of nitrogens with zero attached hydrogens (tertiary/aromatic N) is 2. The van der Waals surface area contributed by atoms with Crippen LogP contribution in [0.5, 0.6) is 0 Å². The zero-order chi connectivity index (χ0) is 13.2. The molecule has 6 heteroatoms. The molecule has 2 rings (SSSR count). The number of hydrogen-bond donors (Lipinski definition) is 1. The molecular weight excluding hydrogens is 250 g/mol. The summed E-state index contributed by atoms with van der Waals surface area (Å²) in [4.78, 5) is 0. The molecule has 0 amide bonds. The van der Waals surface area contributed by atoms with Crippen LogP contribution < -0.4 is 5.32 Å². The number of rotatable bonds is 6. The van der Waals surface area contributed by atoms with Crippen LogP contribution in [0.15, 0.2) is 0 Å². The summed E-state index contributed by atoms with van der Waals surface area (Å²) in [5.41, 5.74) is 0. The first-order valence-corrected chi connectivity index (χ1v) is 8.40. The molecule has 0 aromatic heterocycles. The second kappa shape index (κ2) is 5.86. The standard InChI is InChI=1S/C12H25N3O2S/c1-3-15(12-6-7-12)18(16,17)14-8-4-5-11(10-14)9-13-2/h11-13H,3-10H2,1-2H3. The molecule has 1 N–H and O–H groups in total. The van der Waals surface area contributed by atoms with Crippen LogP contribution in [0.3, 0.4) is 0 Å². The van der Waals surface area contributed by atoms with Crippen molar-refractivity contribution in [1.82, 2.24) is 13.9 Å². The Labute approximate surface area is 111 Å². The summed E-state index contributed by atoms with van der Waals surface area (Å²) >= 11 is 0. The van der Waals surface area contributed by atoms with E-state index in [0.29, 0.717) is 25.6 Å². The highest BCUT2D eigenvalue weighted by molar-refractivity contribution is 7.86. The van der Waals surface area contributed by atoms with Gasteiger partial charge in [-0.3, -0.25) is 0 Å². The quantitative estimate of drug-likeness (QED) is 0.774. The van der Waals surface area contributed by atoms with E-state index in [1.54, 1.807) is 8.61 Å². The summed E-state index contributed by atoms with van der Waals surface area (Å²) in [6, 6.07) is 0.268. The lowest BCUT2D eigenvalue weighted by atomic mass is 10.00. The molecule has 1 heterocycles. The molecule has 1 saturated carbocycles. The van der Waals surface area contributed by atoms with E-state index in [9.17, 15) is 8.42 Å². The first-order chi connectivity index (χ1) is 8.59. The molecule has 0 bridgehead atoms. The van der Waals surface area contributed by atoms with Crippen LogP contribution in [0, 0.1) is 5.92 Å². The van der Waals surface area contributed by atoms with Crippen molar-refractivity contribution in [1.29, 1.82) is 0 Å². The van der Waals surface area contributed by atoms with Crippen LogP contribution in [0.1, 0.15) is 32.6 Å². The number of nitrogens with one attached hydrogen (secondary N) is 1. The molecule has 5 nitrogen and oxygen atoms in total. The maximum absolute atomic E-state index is 12.6. The average molecular weight is 275 g/mol. The smallest absolute Gasteiger partial charge is 0.282 e. The predicted octanol–water partition coefficient (Wildman–Crippen LogP) is 0.647. The van der Waals surface area contributed by atoms with E-state index < -0.39 is 10.2 Å². The number of hydrogen-bond acceptors (Lipinski definition) is 3. The van der Waals surface area contributed by atoms with Gasteiger partial charge >= 0.3 is 0 Å². The van der Waals surface area contributed by atoms with Gasteiger partial charge in [0.25, 0.3) is 10.2 Å². The second-order valence-electron chi connectivity index (χ2n) is 5.37. The van der Waals surface area contributed by atoms with Gasteiger partial charge in [-0.2, -0.15) is 17.0 Å². The highest BCUT2D eigenvalue weighted by atomic mass is 32.2. The Morgan fingerprint density at radius 3 is 2.61 bits per heavy atom. The van der Waals surface area contributed by atoms with Crippen LogP contribution in [0.25, 0.3) is 0 Å². The van der Waals surface area contributed by atoms with Crippen molar-refractivity contribution in [3.63, 3.8) is 0 Å². The molecule has 2 aliphatic rings. The van der Waals surface area contributed by atoms with E-state index in [4.69, 9.17) is 0 Å². The first kappa shape index (κ1) is 14.2. The van der Waals surface area contributed by atoms with Crippen molar-refractivity contribution in [3.05, 3.63) is 0 Å². The van der Waals surface area contributed by atoms with Crippen LogP contribution in [-0.2, 0) is 10.2 Å². The van der Waals surface area contributed by atoms with Crippen molar-refractivity contribution < 1.29 is 8.42 Å². The zero-order valence-electron chi connectivity index (χ0n) is 11.4. The SMILES string of the molecule is CCN(C1CC1)S(=O)(=O)N1CCCC(CNC)C1. The fraction of sp³-hybridized carbons (Fsp3) is 1.00. The van der Waals surface area contributed by atoms with Crippen molar-refractivity contribution in [3.8, 4) is 0 Å². The van der Waals surface area contributed by atoms with Crippen LogP contribution in [0.2, 0.25) is 0 Å². The lowest BCUT2D eigenvalue weighted by Crippen LogP contribution is -2.49. The third-order valence-electron chi connectivity index (χ3n) is 3.86. The third kappa shape index (κ3) is 3.04. The Bertz CT molecular complexity index is 366. The molecule has 0 aromatic carbocycles. The third-order valence-corrected chi connectivity index (χ3v) is 6.00. The Morgan fingerprint density at radius 1 is 1.33 bits per heavy atom. The summed E-state index contributed by atoms with van der Waals surface area (Å²) in [6.07, 6.45) is 4.16. The largest absolute Gasteiger partial charge is 0.319 e. The average Bonchev–Trinajstić information content (AvgIpc) is 3.15. The molecule has 2 fully saturated rings. The van der Waals surface area contributed by atoms with Gasteiger partial charge in [0.05, 0.1) is 0 Å². The summed E-state index contributed by atoms with van der Waals surface area (Å²) in [7, 11) is -1.30. The molecule has 0 spiro atoms. The van der Waals surface area contributed by atoms with E-state index in [1.807, 2.05) is 14.0 Å². The van der Waals surface area contributed by atoms with Gasteiger partial charge in [-0.1, -0.05) is 6.92 Å². The minimum atomic E-state index is -3.22. The Hall–Kier alpha value is -0.170. The van der Waals surface area contributed by atoms with Crippen LogP contribution in [0.4, 0.5) is 0 Å². The maximum atomic E-state index is 12.6. The van der Waals surface area contributed by atoms with Crippen molar-refractivity contribution >= 4 is 10.2 Å². The normalized spacial score (nSPS) is 26.7. The molecule has 106 valence electrons. The van der Waals surface area contributed by atoms with Gasteiger partial charge in [0.2, 0.25) is 0 Å². The predicted molar refractivity (Wildman–Crippen MR) is 72.5 cm³/mol. The molecular formula is C12H25N3O2S. The van der Waals surface area contributed by atoms with Gasteiger partial charge in [-0.25, -0.2) is 0 Å². The fourth-order valence-electron chi connectivity index (χ4n) is 2.81. The fourth-order valence-corrected chi connectivity index (χ4v) is 4.78. The van der Waals surface area contributed by atoms with Gasteiger partial charge < -0.3 is 5.32 Å². The molecule has 1 atom stereocenters. The minimum absolute atomic E-state index is 0.268. The highest BCUT2D eigenvalue weighted by Gasteiger charge is 2.40. The Kier molecular flexibility index (Phi) is 4.64. The lowest BCUT2D eigenvalue weighted by Gasteiger charge is -2.35. The maximum Gasteiger partial charge on any atom is 0.282 e. The summed E-state index contributed by atoms with van der Waals surface area (Å²) in [5.74, 6) is 0.455. The Balaban J connectivity index is 2.04. The molecule has 1 aliphatic carbocycles. The second-order valence-corrected chi connectivity index (χ2v) is 7.25. The Morgan fingerprint density at radius 2 is 2.06 bits per heavy atom. The van der Waals surface area contributed by atoms with Crippen molar-refractivity contribution in [2.24, 2.45) is 5.92 Å². The summed E-state index contributed by atoms with van der Waals surface area (Å²) < 4.78 is 28.5. The van der Waals surface area contributed by atoms with Gasteiger partial charge in [0.1, 0.15) is 0 Å². The van der Waals surface area contributed by atoms with Gasteiger partial charge in [0, 0.05) is 25.7 Å². The van der Waals surface area contributed by atoms with Crippen molar-refractivity contribution in [2.45, 2.75) is 38.6 Å². The van der Waals surface area contributed by atoms with E-state index in [2.05, 4.69) is 5.32 Å². The number of piperidine rings is 1. The summed E-state index contributed by atoms with van der Waals surface area (Å²) in [6.45, 7) is 4.80. The summed E-state index contributed by atoms with van der Waals surface area (Å²) in [5, 5.41) is 3.15. The topological polar surface area (TPSA) is 52.7 Å². The molecule has 18 heavy (non-hydrogen) atoms. The zero-order valence-corrected chi connectivity index (χ0v) is 12.2. The lowest BCUT2D eigenvalue weighted by molar-refractivity contribution is 0.244. The first-order valence-electron chi connectivity index (χ1n) is 7.01. The van der Waals surface area contributed by atoms with Gasteiger partial charge in [-0.05, 0) is 45.2 Å². The van der Waals surface area contributed by atoms with E-state index >= 15 is 0 Å². The van der Waals surface area contributed by atoms with E-state index in [1.165, 1.54) is 0 Å². The van der Waals surface area contributed by atoms with Crippen LogP contribution in [-0.4, -0.2) is 56.3 Å². The molecule has 1 unspecified atom stereocenters. The molecule has 0 aromatic rings. The van der Waals surface area contributed by atoms with E-state index in [-0.39, 0.29) is 6.04 Å².